The smallest absolute Gasteiger partial charge is 0.242 e. The summed E-state index contributed by atoms with van der Waals surface area (Å²) in [6.45, 7) is 7.02. The minimum atomic E-state index is -0.476. The maximum absolute atomic E-state index is 12.4. The largest absolute Gasteiger partial charge is 0.353 e. The average Bonchev–Trinajstić information content (AvgIpc) is 2.36. The number of amides is 2. The van der Waals surface area contributed by atoms with Crippen LogP contribution in [0.1, 0.15) is 27.2 Å². The number of thioether (sulfide) groups is 1. The van der Waals surface area contributed by atoms with Gasteiger partial charge in [0.15, 0.2) is 0 Å². The average molecular weight is 317 g/mol. The van der Waals surface area contributed by atoms with Crippen molar-refractivity contribution in [2.45, 2.75) is 33.2 Å². The Morgan fingerprint density at radius 2 is 1.76 bits per heavy atom. The second-order valence-corrected chi connectivity index (χ2v) is 7.54. The van der Waals surface area contributed by atoms with E-state index in [-0.39, 0.29) is 11.8 Å². The van der Waals surface area contributed by atoms with E-state index in [4.69, 9.17) is 0 Å². The van der Waals surface area contributed by atoms with E-state index in [0.29, 0.717) is 13.0 Å². The van der Waals surface area contributed by atoms with E-state index in [2.05, 4.69) is 5.32 Å². The number of nitrogens with one attached hydrogen (secondary N) is 1. The molecular formula is C15H31N3O2S. The topological polar surface area (TPSA) is 52.7 Å². The van der Waals surface area contributed by atoms with Crippen molar-refractivity contribution < 1.29 is 9.59 Å². The third-order valence-corrected chi connectivity index (χ3v) is 3.83. The summed E-state index contributed by atoms with van der Waals surface area (Å²) < 4.78 is 0. The fourth-order valence-corrected chi connectivity index (χ4v) is 2.38. The molecule has 0 bridgehead atoms. The fourth-order valence-electron chi connectivity index (χ4n) is 1.92. The van der Waals surface area contributed by atoms with Crippen LogP contribution in [-0.4, -0.2) is 73.9 Å². The first-order valence-corrected chi connectivity index (χ1v) is 8.69. The SMILES string of the molecule is CSCCC(C(=O)NCCN(C)C)N(C)C(=O)C(C)(C)C. The second-order valence-electron chi connectivity index (χ2n) is 6.56. The van der Waals surface area contributed by atoms with Crippen LogP contribution in [0.2, 0.25) is 0 Å². The Hall–Kier alpha value is -0.750. The molecule has 21 heavy (non-hydrogen) atoms. The molecule has 0 saturated carbocycles. The molecule has 0 aliphatic rings. The van der Waals surface area contributed by atoms with E-state index in [1.54, 1.807) is 23.7 Å². The van der Waals surface area contributed by atoms with Gasteiger partial charge in [0.05, 0.1) is 0 Å². The molecule has 0 rings (SSSR count). The van der Waals surface area contributed by atoms with Crippen molar-refractivity contribution in [1.82, 2.24) is 15.1 Å². The van der Waals surface area contributed by atoms with Gasteiger partial charge in [0.2, 0.25) is 11.8 Å². The maximum atomic E-state index is 12.4. The molecule has 1 atom stereocenters. The zero-order chi connectivity index (χ0) is 16.6. The van der Waals surface area contributed by atoms with Gasteiger partial charge in [-0.3, -0.25) is 9.59 Å². The Kier molecular flexibility index (Phi) is 8.97. The molecule has 0 spiro atoms. The zero-order valence-electron chi connectivity index (χ0n) is 14.5. The van der Waals surface area contributed by atoms with Gasteiger partial charge in [-0.05, 0) is 32.5 Å². The molecule has 0 heterocycles. The van der Waals surface area contributed by atoms with Crippen LogP contribution in [0.5, 0.6) is 0 Å². The van der Waals surface area contributed by atoms with E-state index in [1.165, 1.54) is 0 Å². The second kappa shape index (κ2) is 9.30. The summed E-state index contributed by atoms with van der Waals surface area (Å²) in [7, 11) is 5.66. The first-order valence-electron chi connectivity index (χ1n) is 7.30. The monoisotopic (exact) mass is 317 g/mol. The normalized spacial score (nSPS) is 13.1. The number of carbonyl (C=O) groups is 2. The van der Waals surface area contributed by atoms with Gasteiger partial charge in [-0.2, -0.15) is 11.8 Å². The molecule has 124 valence electrons. The van der Waals surface area contributed by atoms with Crippen LogP contribution in [0.4, 0.5) is 0 Å². The van der Waals surface area contributed by atoms with Crippen LogP contribution in [0.3, 0.4) is 0 Å². The van der Waals surface area contributed by atoms with E-state index in [0.717, 1.165) is 12.3 Å². The highest BCUT2D eigenvalue weighted by atomic mass is 32.2. The minimum Gasteiger partial charge on any atom is -0.353 e. The first kappa shape index (κ1) is 20.2. The summed E-state index contributed by atoms with van der Waals surface area (Å²) in [4.78, 5) is 28.4. The molecular weight excluding hydrogens is 286 g/mol. The van der Waals surface area contributed by atoms with Gasteiger partial charge in [-0.25, -0.2) is 0 Å². The van der Waals surface area contributed by atoms with Crippen molar-refractivity contribution in [2.24, 2.45) is 5.41 Å². The van der Waals surface area contributed by atoms with E-state index in [9.17, 15) is 9.59 Å². The van der Waals surface area contributed by atoms with Gasteiger partial charge in [-0.1, -0.05) is 20.8 Å². The molecule has 0 fully saturated rings. The Balaban J connectivity index is 4.77. The number of hydrogen-bond acceptors (Lipinski definition) is 4. The quantitative estimate of drug-likeness (QED) is 0.733. The van der Waals surface area contributed by atoms with Crippen molar-refractivity contribution in [2.75, 3.05) is 46.2 Å². The molecule has 2 amide bonds. The Morgan fingerprint density at radius 3 is 2.19 bits per heavy atom. The lowest BCUT2D eigenvalue weighted by atomic mass is 9.94. The molecule has 0 saturated heterocycles. The highest BCUT2D eigenvalue weighted by Crippen LogP contribution is 2.19. The lowest BCUT2D eigenvalue weighted by Gasteiger charge is -2.32. The molecule has 0 radical (unpaired) electrons. The van der Waals surface area contributed by atoms with Crippen molar-refractivity contribution in [1.29, 1.82) is 0 Å². The number of nitrogens with zero attached hydrogens (tertiary/aromatic N) is 2. The van der Waals surface area contributed by atoms with Gasteiger partial charge >= 0.3 is 0 Å². The Bertz CT molecular complexity index is 340. The predicted octanol–water partition coefficient (Wildman–Crippen LogP) is 1.29. The van der Waals surface area contributed by atoms with Crippen LogP contribution >= 0.6 is 11.8 Å². The standard InChI is InChI=1S/C15H31N3O2S/c1-15(2,3)14(20)18(6)12(8-11-21-7)13(19)16-9-10-17(4)5/h12H,8-11H2,1-7H3,(H,16,19). The summed E-state index contributed by atoms with van der Waals surface area (Å²) in [6, 6.07) is -0.397. The molecule has 1 N–H and O–H groups in total. The van der Waals surface area contributed by atoms with E-state index >= 15 is 0 Å². The lowest BCUT2D eigenvalue weighted by molar-refractivity contribution is -0.145. The minimum absolute atomic E-state index is 0.00337. The first-order chi connectivity index (χ1) is 9.61. The Morgan fingerprint density at radius 1 is 1.19 bits per heavy atom. The molecule has 0 aliphatic heterocycles. The van der Waals surface area contributed by atoms with Gasteiger partial charge in [0.1, 0.15) is 6.04 Å². The van der Waals surface area contributed by atoms with Gasteiger partial charge in [-0.15, -0.1) is 0 Å². The molecule has 1 unspecified atom stereocenters. The zero-order valence-corrected chi connectivity index (χ0v) is 15.3. The molecule has 0 aromatic heterocycles. The van der Waals surface area contributed by atoms with Crippen LogP contribution in [0, 0.1) is 5.41 Å². The van der Waals surface area contributed by atoms with Crippen LogP contribution in [-0.2, 0) is 9.59 Å². The highest BCUT2D eigenvalue weighted by molar-refractivity contribution is 7.98. The van der Waals surface area contributed by atoms with Crippen LogP contribution in [0.15, 0.2) is 0 Å². The molecule has 6 heteroatoms. The molecule has 0 aromatic carbocycles. The molecule has 0 aliphatic carbocycles. The number of rotatable bonds is 8. The van der Waals surface area contributed by atoms with Crippen molar-refractivity contribution >= 4 is 23.6 Å². The summed E-state index contributed by atoms with van der Waals surface area (Å²) in [5.41, 5.74) is -0.476. The van der Waals surface area contributed by atoms with E-state index in [1.807, 2.05) is 46.0 Å². The third kappa shape index (κ3) is 7.71. The number of carbonyl (C=O) groups excluding carboxylic acids is 2. The van der Waals surface area contributed by atoms with Crippen molar-refractivity contribution in [3.8, 4) is 0 Å². The predicted molar refractivity (Wildman–Crippen MR) is 90.6 cm³/mol. The van der Waals surface area contributed by atoms with Crippen LogP contribution in [0.25, 0.3) is 0 Å². The van der Waals surface area contributed by atoms with Gasteiger partial charge in [0.25, 0.3) is 0 Å². The molecule has 5 nitrogen and oxygen atoms in total. The molecule has 0 aromatic rings. The summed E-state index contributed by atoms with van der Waals surface area (Å²) >= 11 is 1.69. The van der Waals surface area contributed by atoms with Crippen molar-refractivity contribution in [3.05, 3.63) is 0 Å². The van der Waals surface area contributed by atoms with Crippen LogP contribution < -0.4 is 5.32 Å². The highest BCUT2D eigenvalue weighted by Gasteiger charge is 2.32. The third-order valence-electron chi connectivity index (χ3n) is 3.19. The van der Waals surface area contributed by atoms with Crippen molar-refractivity contribution in [3.63, 3.8) is 0 Å². The summed E-state index contributed by atoms with van der Waals surface area (Å²) in [6.07, 6.45) is 2.68. The number of hydrogen-bond donors (Lipinski definition) is 1. The Labute approximate surface area is 133 Å². The van der Waals surface area contributed by atoms with Gasteiger partial charge < -0.3 is 15.1 Å². The summed E-state index contributed by atoms with van der Waals surface area (Å²) in [5.74, 6) is 0.787. The van der Waals surface area contributed by atoms with E-state index < -0.39 is 11.5 Å². The fraction of sp³-hybridized carbons (Fsp3) is 0.867. The van der Waals surface area contributed by atoms with Gasteiger partial charge in [0, 0.05) is 25.6 Å². The maximum Gasteiger partial charge on any atom is 0.242 e. The summed E-state index contributed by atoms with van der Waals surface area (Å²) in [5, 5.41) is 2.93. The lowest BCUT2D eigenvalue weighted by Crippen LogP contribution is -2.51. The number of likely N-dealkylation sites (N-methyl/N-ethyl adjacent to an activating group) is 2.